The van der Waals surface area contributed by atoms with Crippen molar-refractivity contribution >= 4 is 36.0 Å². The van der Waals surface area contributed by atoms with E-state index in [4.69, 9.17) is 14.2 Å². The van der Waals surface area contributed by atoms with Crippen molar-refractivity contribution in [2.45, 2.75) is 53.2 Å². The molecule has 1 aromatic rings. The highest BCUT2D eigenvalue weighted by molar-refractivity contribution is 14.0. The molecule has 1 amide bonds. The zero-order valence-corrected chi connectivity index (χ0v) is 21.5. The quantitative estimate of drug-likeness (QED) is 0.192. The van der Waals surface area contributed by atoms with E-state index in [0.29, 0.717) is 32.3 Å². The van der Waals surface area contributed by atoms with Crippen LogP contribution in [0.2, 0.25) is 0 Å². The summed E-state index contributed by atoms with van der Waals surface area (Å²) in [4.78, 5) is 15.9. The van der Waals surface area contributed by atoms with Crippen molar-refractivity contribution in [1.82, 2.24) is 16.0 Å². The Labute approximate surface area is 197 Å². The lowest BCUT2D eigenvalue weighted by molar-refractivity contribution is 0.0529. The molecule has 172 valence electrons. The number of alkyl carbamates (subject to hydrolysis) is 1. The molecule has 0 aromatic heterocycles. The van der Waals surface area contributed by atoms with Gasteiger partial charge in [0.05, 0.1) is 19.3 Å². The smallest absolute Gasteiger partial charge is 0.407 e. The summed E-state index contributed by atoms with van der Waals surface area (Å²) in [6, 6.07) is 5.89. The van der Waals surface area contributed by atoms with Crippen molar-refractivity contribution in [3.8, 4) is 11.5 Å². The molecule has 1 rings (SSSR count). The number of halogens is 1. The Morgan fingerprint density at radius 1 is 1.07 bits per heavy atom. The fourth-order valence-electron chi connectivity index (χ4n) is 2.48. The van der Waals surface area contributed by atoms with Gasteiger partial charge < -0.3 is 30.2 Å². The van der Waals surface area contributed by atoms with E-state index < -0.39 is 11.7 Å². The summed E-state index contributed by atoms with van der Waals surface area (Å²) < 4.78 is 16.5. The normalized spacial score (nSPS) is 12.3. The Balaban J connectivity index is 0.00000841. The molecule has 3 N–H and O–H groups in total. The minimum absolute atomic E-state index is 0. The van der Waals surface area contributed by atoms with Crippen molar-refractivity contribution < 1.29 is 19.0 Å². The molecular weight excluding hydrogens is 499 g/mol. The summed E-state index contributed by atoms with van der Waals surface area (Å²) >= 11 is 0. The van der Waals surface area contributed by atoms with E-state index in [9.17, 15) is 4.79 Å². The predicted molar refractivity (Wildman–Crippen MR) is 131 cm³/mol. The number of hydrogen-bond donors (Lipinski definition) is 3. The number of carbonyl (C=O) groups excluding carboxylic acids is 1. The Kier molecular flexibility index (Phi) is 13.3. The van der Waals surface area contributed by atoms with Gasteiger partial charge in [0.15, 0.2) is 17.5 Å². The lowest BCUT2D eigenvalue weighted by atomic mass is 10.1. The molecule has 30 heavy (non-hydrogen) atoms. The third-order valence-electron chi connectivity index (χ3n) is 3.73. The number of nitrogens with zero attached hydrogens (tertiary/aromatic N) is 1. The molecular formula is C21H37IN4O4. The van der Waals surface area contributed by atoms with Crippen LogP contribution in [-0.4, -0.2) is 51.0 Å². The van der Waals surface area contributed by atoms with Crippen LogP contribution in [0.15, 0.2) is 23.2 Å². The van der Waals surface area contributed by atoms with Crippen LogP contribution in [0.1, 0.15) is 53.1 Å². The van der Waals surface area contributed by atoms with E-state index in [1.54, 1.807) is 7.05 Å². The van der Waals surface area contributed by atoms with Crippen molar-refractivity contribution in [2.75, 3.05) is 33.4 Å². The Hall–Kier alpha value is -1.91. The van der Waals surface area contributed by atoms with Gasteiger partial charge in [0.1, 0.15) is 5.60 Å². The van der Waals surface area contributed by atoms with E-state index in [1.807, 2.05) is 59.7 Å². The van der Waals surface area contributed by atoms with Gasteiger partial charge in [-0.1, -0.05) is 6.07 Å². The zero-order chi connectivity index (χ0) is 21.9. The molecule has 1 atom stereocenters. The molecule has 0 saturated carbocycles. The number of amides is 1. The van der Waals surface area contributed by atoms with E-state index >= 15 is 0 Å². The van der Waals surface area contributed by atoms with Crippen molar-refractivity contribution in [3.05, 3.63) is 23.8 Å². The van der Waals surface area contributed by atoms with Gasteiger partial charge >= 0.3 is 6.09 Å². The van der Waals surface area contributed by atoms with Crippen LogP contribution in [0.5, 0.6) is 11.5 Å². The maximum absolute atomic E-state index is 11.7. The monoisotopic (exact) mass is 536 g/mol. The maximum atomic E-state index is 11.7. The molecule has 0 bridgehead atoms. The van der Waals surface area contributed by atoms with Gasteiger partial charge in [-0.25, -0.2) is 4.79 Å². The van der Waals surface area contributed by atoms with E-state index in [1.165, 1.54) is 0 Å². The molecule has 0 aliphatic carbocycles. The average molecular weight is 536 g/mol. The third kappa shape index (κ3) is 10.7. The largest absolute Gasteiger partial charge is 0.490 e. The van der Waals surface area contributed by atoms with Crippen LogP contribution in [0.4, 0.5) is 4.79 Å². The first-order valence-electron chi connectivity index (χ1n) is 10.0. The lowest BCUT2D eigenvalue weighted by Crippen LogP contribution is -2.43. The summed E-state index contributed by atoms with van der Waals surface area (Å²) in [6.45, 7) is 13.5. The van der Waals surface area contributed by atoms with E-state index in [0.717, 1.165) is 17.1 Å². The first kappa shape index (κ1) is 28.1. The minimum Gasteiger partial charge on any atom is -0.490 e. The van der Waals surface area contributed by atoms with E-state index in [2.05, 4.69) is 20.9 Å². The second-order valence-corrected chi connectivity index (χ2v) is 7.37. The first-order valence-corrected chi connectivity index (χ1v) is 10.0. The van der Waals surface area contributed by atoms with Gasteiger partial charge in [0.25, 0.3) is 0 Å². The molecule has 0 saturated heterocycles. The van der Waals surface area contributed by atoms with Crippen LogP contribution >= 0.6 is 24.0 Å². The summed E-state index contributed by atoms with van der Waals surface area (Å²) in [5.74, 6) is 2.10. The van der Waals surface area contributed by atoms with Gasteiger partial charge in [-0.15, -0.1) is 24.0 Å². The van der Waals surface area contributed by atoms with Crippen molar-refractivity contribution in [2.24, 2.45) is 4.99 Å². The Morgan fingerprint density at radius 2 is 1.67 bits per heavy atom. The second-order valence-electron chi connectivity index (χ2n) is 7.37. The molecule has 0 spiro atoms. The SMILES string of the molecule is CCOc1ccc(C(C)NC(=NC)NCCNC(=O)OC(C)(C)C)cc1OCC.I. The number of ether oxygens (including phenoxy) is 3. The van der Waals surface area contributed by atoms with E-state index in [-0.39, 0.29) is 30.0 Å². The standard InChI is InChI=1S/C21H36N4O4.HI/c1-8-27-17-11-10-16(14-18(17)28-9-2)15(3)25-19(22-7)23-12-13-24-20(26)29-21(4,5)6;/h10-11,14-15H,8-9,12-13H2,1-7H3,(H,24,26)(H2,22,23,25);1H. The number of nitrogens with one attached hydrogen (secondary N) is 3. The molecule has 8 nitrogen and oxygen atoms in total. The number of benzene rings is 1. The van der Waals surface area contributed by atoms with Crippen LogP contribution in [-0.2, 0) is 4.74 Å². The fraction of sp³-hybridized carbons (Fsp3) is 0.619. The molecule has 0 aliphatic rings. The van der Waals surface area contributed by atoms with Crippen LogP contribution < -0.4 is 25.4 Å². The molecule has 9 heteroatoms. The number of guanidine groups is 1. The molecule has 0 heterocycles. The molecule has 0 aliphatic heterocycles. The number of hydrogen-bond acceptors (Lipinski definition) is 5. The average Bonchev–Trinajstić information content (AvgIpc) is 2.64. The van der Waals surface area contributed by atoms with Crippen LogP contribution in [0.25, 0.3) is 0 Å². The number of carbonyl (C=O) groups is 1. The lowest BCUT2D eigenvalue weighted by Gasteiger charge is -2.21. The number of aliphatic imine (C=N–C) groups is 1. The van der Waals surface area contributed by atoms with Gasteiger partial charge in [-0.05, 0) is 59.2 Å². The highest BCUT2D eigenvalue weighted by atomic mass is 127. The first-order chi connectivity index (χ1) is 13.7. The predicted octanol–water partition coefficient (Wildman–Crippen LogP) is 3.85. The molecule has 1 aromatic carbocycles. The van der Waals surface area contributed by atoms with Gasteiger partial charge in [-0.2, -0.15) is 0 Å². The van der Waals surface area contributed by atoms with Crippen molar-refractivity contribution in [1.29, 1.82) is 0 Å². The zero-order valence-electron chi connectivity index (χ0n) is 19.1. The minimum atomic E-state index is -0.511. The van der Waals surface area contributed by atoms with Crippen molar-refractivity contribution in [3.63, 3.8) is 0 Å². The van der Waals surface area contributed by atoms with Gasteiger partial charge in [0, 0.05) is 20.1 Å². The third-order valence-corrected chi connectivity index (χ3v) is 3.73. The summed E-state index contributed by atoms with van der Waals surface area (Å²) in [5.41, 5.74) is 0.537. The highest BCUT2D eigenvalue weighted by Crippen LogP contribution is 2.30. The summed E-state index contributed by atoms with van der Waals surface area (Å²) in [5, 5.41) is 9.21. The van der Waals surface area contributed by atoms with Gasteiger partial charge in [0.2, 0.25) is 0 Å². The molecule has 0 radical (unpaired) electrons. The molecule has 1 unspecified atom stereocenters. The second kappa shape index (κ2) is 14.2. The van der Waals surface area contributed by atoms with Crippen LogP contribution in [0.3, 0.4) is 0 Å². The fourth-order valence-corrected chi connectivity index (χ4v) is 2.48. The Bertz CT molecular complexity index is 677. The summed E-state index contributed by atoms with van der Waals surface area (Å²) in [6.07, 6.45) is -0.437. The Morgan fingerprint density at radius 3 is 2.23 bits per heavy atom. The number of rotatable bonds is 9. The highest BCUT2D eigenvalue weighted by Gasteiger charge is 2.16. The van der Waals surface area contributed by atoms with Crippen LogP contribution in [0, 0.1) is 0 Å². The maximum Gasteiger partial charge on any atom is 0.407 e. The molecule has 0 fully saturated rings. The van der Waals surface area contributed by atoms with Gasteiger partial charge in [-0.3, -0.25) is 4.99 Å². The topological polar surface area (TPSA) is 93.2 Å². The summed E-state index contributed by atoms with van der Waals surface area (Å²) in [7, 11) is 1.70.